The number of hydrogen-bond acceptors (Lipinski definition) is 5. The second-order valence-electron chi connectivity index (χ2n) is 7.35. The molecule has 1 aromatic carbocycles. The van der Waals surface area contributed by atoms with Crippen molar-refractivity contribution < 1.29 is 4.79 Å². The molecule has 0 aliphatic heterocycles. The molecule has 146 valence electrons. The summed E-state index contributed by atoms with van der Waals surface area (Å²) in [5, 5.41) is 10.1. The molecule has 1 amide bonds. The lowest BCUT2D eigenvalue weighted by Gasteiger charge is -2.28. The van der Waals surface area contributed by atoms with Gasteiger partial charge in [-0.25, -0.2) is 9.97 Å². The molecule has 7 heteroatoms. The van der Waals surface area contributed by atoms with Crippen molar-refractivity contribution in [3.8, 4) is 0 Å². The minimum atomic E-state index is -0.296. The van der Waals surface area contributed by atoms with Crippen LogP contribution in [0.5, 0.6) is 0 Å². The fraction of sp³-hybridized carbons (Fsp3) is 0.381. The first-order chi connectivity index (χ1) is 13.5. The molecule has 0 saturated heterocycles. The Bertz CT molecular complexity index is 975. The Morgan fingerprint density at radius 2 is 2.04 bits per heavy atom. The summed E-state index contributed by atoms with van der Waals surface area (Å²) in [5.74, 6) is 0.0226. The van der Waals surface area contributed by atoms with Crippen molar-refractivity contribution in [2.24, 2.45) is 0 Å². The van der Waals surface area contributed by atoms with Crippen LogP contribution in [0.25, 0.3) is 0 Å². The summed E-state index contributed by atoms with van der Waals surface area (Å²) in [6.07, 6.45) is 5.21. The van der Waals surface area contributed by atoms with Crippen LogP contribution in [0.4, 0.5) is 0 Å². The first-order valence-corrected chi connectivity index (χ1v) is 11.6. The maximum Gasteiger partial charge on any atom is 0.226 e. The predicted octanol–water partition coefficient (Wildman–Crippen LogP) is 5.28. The Labute approximate surface area is 178 Å². The van der Waals surface area contributed by atoms with Gasteiger partial charge in [0.05, 0.1) is 22.7 Å². The molecule has 0 bridgehead atoms. The molecule has 0 unspecified atom stereocenters. The van der Waals surface area contributed by atoms with Gasteiger partial charge in [-0.05, 0) is 37.5 Å². The molecule has 0 spiro atoms. The number of carbonyl (C=O) groups is 1. The average Bonchev–Trinajstić information content (AvgIpc) is 3.38. The highest BCUT2D eigenvalue weighted by atomic mass is 35.5. The van der Waals surface area contributed by atoms with Crippen molar-refractivity contribution in [2.75, 3.05) is 0 Å². The van der Waals surface area contributed by atoms with E-state index in [1.807, 2.05) is 36.6 Å². The standard InChI is InChI=1S/C21H22ClN3OS2/c1-14-12-28-20(23-14)21(7-2-3-8-21)25-18(26)11-17-13-27-19(24-17)10-15-5-4-6-16(22)9-15/h4-6,9,12-13H,2-3,7-8,10-11H2,1H3,(H,25,26). The highest BCUT2D eigenvalue weighted by Crippen LogP contribution is 2.40. The number of amides is 1. The van der Waals surface area contributed by atoms with Gasteiger partial charge in [0, 0.05) is 27.9 Å². The highest BCUT2D eigenvalue weighted by molar-refractivity contribution is 7.10. The minimum Gasteiger partial charge on any atom is -0.344 e. The number of aryl methyl sites for hydroxylation is 1. The van der Waals surface area contributed by atoms with Gasteiger partial charge in [-0.2, -0.15) is 0 Å². The van der Waals surface area contributed by atoms with Gasteiger partial charge in [0.25, 0.3) is 0 Å². The lowest BCUT2D eigenvalue weighted by molar-refractivity contribution is -0.122. The quantitative estimate of drug-likeness (QED) is 0.577. The predicted molar refractivity (Wildman–Crippen MR) is 115 cm³/mol. The Hall–Kier alpha value is -1.76. The lowest BCUT2D eigenvalue weighted by atomic mass is 9.98. The zero-order valence-electron chi connectivity index (χ0n) is 15.7. The molecular weight excluding hydrogens is 410 g/mol. The van der Waals surface area contributed by atoms with E-state index in [2.05, 4.69) is 20.7 Å². The van der Waals surface area contributed by atoms with Crippen LogP contribution in [0.2, 0.25) is 5.02 Å². The third kappa shape index (κ3) is 4.45. The van der Waals surface area contributed by atoms with Crippen LogP contribution in [-0.2, 0) is 23.2 Å². The van der Waals surface area contributed by atoms with E-state index in [0.29, 0.717) is 6.42 Å². The summed E-state index contributed by atoms with van der Waals surface area (Å²) in [6.45, 7) is 2.00. The van der Waals surface area contributed by atoms with Gasteiger partial charge in [-0.15, -0.1) is 22.7 Å². The van der Waals surface area contributed by atoms with Gasteiger partial charge in [-0.1, -0.05) is 36.6 Å². The molecule has 1 N–H and O–H groups in total. The monoisotopic (exact) mass is 431 g/mol. The van der Waals surface area contributed by atoms with E-state index in [0.717, 1.165) is 64.1 Å². The SMILES string of the molecule is Cc1csc(C2(NC(=O)Cc3csc(Cc4cccc(Cl)c4)n3)CCCC2)n1. The summed E-state index contributed by atoms with van der Waals surface area (Å²) < 4.78 is 0. The van der Waals surface area contributed by atoms with Crippen LogP contribution in [0.3, 0.4) is 0 Å². The topological polar surface area (TPSA) is 54.9 Å². The summed E-state index contributed by atoms with van der Waals surface area (Å²) in [6, 6.07) is 7.81. The van der Waals surface area contributed by atoms with Crippen LogP contribution in [0.1, 0.15) is 52.6 Å². The maximum absolute atomic E-state index is 12.8. The van der Waals surface area contributed by atoms with Crippen molar-refractivity contribution >= 4 is 40.2 Å². The van der Waals surface area contributed by atoms with Gasteiger partial charge in [-0.3, -0.25) is 4.79 Å². The van der Waals surface area contributed by atoms with Gasteiger partial charge in [0.1, 0.15) is 5.01 Å². The van der Waals surface area contributed by atoms with E-state index in [1.54, 1.807) is 22.7 Å². The normalized spacial score (nSPS) is 15.6. The number of nitrogens with one attached hydrogen (secondary N) is 1. The number of carbonyl (C=O) groups excluding carboxylic acids is 1. The second-order valence-corrected chi connectivity index (χ2v) is 9.58. The lowest BCUT2D eigenvalue weighted by Crippen LogP contribution is -2.44. The molecule has 1 saturated carbocycles. The van der Waals surface area contributed by atoms with E-state index in [1.165, 1.54) is 0 Å². The van der Waals surface area contributed by atoms with E-state index in [-0.39, 0.29) is 11.4 Å². The zero-order valence-corrected chi connectivity index (χ0v) is 18.1. The van der Waals surface area contributed by atoms with E-state index >= 15 is 0 Å². The number of rotatable bonds is 6. The molecule has 2 heterocycles. The molecule has 2 aromatic heterocycles. The number of halogens is 1. The van der Waals surface area contributed by atoms with Crippen molar-refractivity contribution in [3.63, 3.8) is 0 Å². The molecule has 1 aliphatic rings. The summed E-state index contributed by atoms with van der Waals surface area (Å²) in [4.78, 5) is 22.1. The highest BCUT2D eigenvalue weighted by Gasteiger charge is 2.39. The third-order valence-electron chi connectivity index (χ3n) is 5.05. The maximum atomic E-state index is 12.8. The minimum absolute atomic E-state index is 0.0226. The number of hydrogen-bond donors (Lipinski definition) is 1. The van der Waals surface area contributed by atoms with E-state index in [4.69, 9.17) is 11.6 Å². The Balaban J connectivity index is 1.41. The molecule has 28 heavy (non-hydrogen) atoms. The molecule has 1 aliphatic carbocycles. The Morgan fingerprint density at radius 1 is 1.21 bits per heavy atom. The van der Waals surface area contributed by atoms with Gasteiger partial charge in [0.2, 0.25) is 5.91 Å². The van der Waals surface area contributed by atoms with Crippen LogP contribution >= 0.6 is 34.3 Å². The van der Waals surface area contributed by atoms with Crippen LogP contribution in [0.15, 0.2) is 35.0 Å². The number of thiazole rings is 2. The summed E-state index contributed by atoms with van der Waals surface area (Å²) in [5.41, 5.74) is 2.67. The second kappa shape index (κ2) is 8.31. The van der Waals surface area contributed by atoms with Crippen LogP contribution in [0, 0.1) is 6.92 Å². The number of nitrogens with zero attached hydrogens (tertiary/aromatic N) is 2. The zero-order chi connectivity index (χ0) is 19.6. The average molecular weight is 432 g/mol. The Morgan fingerprint density at radius 3 is 2.75 bits per heavy atom. The van der Waals surface area contributed by atoms with Gasteiger partial charge >= 0.3 is 0 Å². The smallest absolute Gasteiger partial charge is 0.226 e. The number of benzene rings is 1. The summed E-state index contributed by atoms with van der Waals surface area (Å²) >= 11 is 9.30. The molecule has 1 fully saturated rings. The molecule has 4 rings (SSSR count). The molecular formula is C21H22ClN3OS2. The molecule has 3 aromatic rings. The van der Waals surface area contributed by atoms with Crippen molar-refractivity contribution in [1.82, 2.24) is 15.3 Å². The molecule has 0 radical (unpaired) electrons. The number of aromatic nitrogens is 2. The largest absolute Gasteiger partial charge is 0.344 e. The summed E-state index contributed by atoms with van der Waals surface area (Å²) in [7, 11) is 0. The van der Waals surface area contributed by atoms with Gasteiger partial charge in [0.15, 0.2) is 0 Å². The van der Waals surface area contributed by atoms with E-state index in [9.17, 15) is 4.79 Å². The molecule has 0 atom stereocenters. The molecule has 4 nitrogen and oxygen atoms in total. The fourth-order valence-electron chi connectivity index (χ4n) is 3.75. The van der Waals surface area contributed by atoms with E-state index < -0.39 is 0 Å². The van der Waals surface area contributed by atoms with Crippen molar-refractivity contribution in [1.29, 1.82) is 0 Å². The fourth-order valence-corrected chi connectivity index (χ4v) is 5.81. The van der Waals surface area contributed by atoms with Crippen LogP contribution in [-0.4, -0.2) is 15.9 Å². The van der Waals surface area contributed by atoms with Crippen molar-refractivity contribution in [3.05, 3.63) is 67.0 Å². The Kier molecular flexibility index (Phi) is 5.80. The first-order valence-electron chi connectivity index (χ1n) is 9.44. The third-order valence-corrected chi connectivity index (χ3v) is 7.35. The van der Waals surface area contributed by atoms with Gasteiger partial charge < -0.3 is 5.32 Å². The first kappa shape index (κ1) is 19.6. The van der Waals surface area contributed by atoms with Crippen molar-refractivity contribution in [2.45, 2.75) is 51.0 Å². The van der Waals surface area contributed by atoms with Crippen LogP contribution < -0.4 is 5.32 Å².